The smallest absolute Gasteiger partial charge is 0.236 e. The summed E-state index contributed by atoms with van der Waals surface area (Å²) in [5.41, 5.74) is 2.53. The Labute approximate surface area is 122 Å². The third-order valence-corrected chi connectivity index (χ3v) is 4.17. The molecular formula is C17H26N2O. The summed E-state index contributed by atoms with van der Waals surface area (Å²) in [6.07, 6.45) is 6.09. The van der Waals surface area contributed by atoms with Crippen LogP contribution < -0.4 is 5.32 Å². The fourth-order valence-electron chi connectivity index (χ4n) is 2.74. The molecule has 1 amide bonds. The van der Waals surface area contributed by atoms with E-state index >= 15 is 0 Å². The number of carbonyl (C=O) groups excluding carboxylic acids is 1. The average molecular weight is 274 g/mol. The zero-order valence-electron chi connectivity index (χ0n) is 12.7. The summed E-state index contributed by atoms with van der Waals surface area (Å²) in [4.78, 5) is 13.9. The maximum Gasteiger partial charge on any atom is 0.236 e. The number of benzene rings is 1. The molecule has 0 saturated heterocycles. The van der Waals surface area contributed by atoms with E-state index in [9.17, 15) is 4.79 Å². The van der Waals surface area contributed by atoms with E-state index in [4.69, 9.17) is 0 Å². The summed E-state index contributed by atoms with van der Waals surface area (Å²) in [6, 6.07) is 9.07. The number of carbonyl (C=O) groups is 1. The lowest BCUT2D eigenvalue weighted by molar-refractivity contribution is -0.129. The van der Waals surface area contributed by atoms with Gasteiger partial charge in [-0.25, -0.2) is 0 Å². The van der Waals surface area contributed by atoms with Gasteiger partial charge in [-0.2, -0.15) is 0 Å². The Bertz CT molecular complexity index is 421. The second kappa shape index (κ2) is 7.44. The van der Waals surface area contributed by atoms with Crippen molar-refractivity contribution in [3.63, 3.8) is 0 Å². The number of aryl methyl sites for hydroxylation is 1. The second-order valence-corrected chi connectivity index (χ2v) is 5.78. The van der Waals surface area contributed by atoms with Gasteiger partial charge in [0.2, 0.25) is 5.91 Å². The largest absolute Gasteiger partial charge is 0.340 e. The topological polar surface area (TPSA) is 32.3 Å². The highest BCUT2D eigenvalue weighted by Crippen LogP contribution is 2.17. The molecule has 110 valence electrons. The molecular weight excluding hydrogens is 248 g/mol. The van der Waals surface area contributed by atoms with E-state index in [2.05, 4.69) is 36.5 Å². The molecule has 2 rings (SSSR count). The van der Waals surface area contributed by atoms with Crippen LogP contribution >= 0.6 is 0 Å². The van der Waals surface area contributed by atoms with Crippen molar-refractivity contribution in [2.75, 3.05) is 13.6 Å². The van der Waals surface area contributed by atoms with Crippen LogP contribution in [0.1, 0.15) is 43.7 Å². The third-order valence-electron chi connectivity index (χ3n) is 4.17. The Hall–Kier alpha value is -1.35. The van der Waals surface area contributed by atoms with E-state index in [1.54, 1.807) is 0 Å². The van der Waals surface area contributed by atoms with Gasteiger partial charge in [0.1, 0.15) is 0 Å². The standard InChI is InChI=1S/C17H26N2O/c1-3-14-8-10-15(11-9-14)13-19(2)17(20)12-18-16-6-4-5-7-16/h8-11,16,18H,3-7,12-13H2,1-2H3. The van der Waals surface area contributed by atoms with E-state index in [0.717, 1.165) is 6.42 Å². The molecule has 0 spiro atoms. The first-order chi connectivity index (χ1) is 9.69. The predicted molar refractivity (Wildman–Crippen MR) is 82.6 cm³/mol. The first kappa shape index (κ1) is 15.0. The van der Waals surface area contributed by atoms with Gasteiger partial charge < -0.3 is 10.2 Å². The van der Waals surface area contributed by atoms with Crippen molar-refractivity contribution in [2.45, 2.75) is 51.6 Å². The van der Waals surface area contributed by atoms with Gasteiger partial charge >= 0.3 is 0 Å². The van der Waals surface area contributed by atoms with Crippen molar-refractivity contribution in [1.29, 1.82) is 0 Å². The minimum Gasteiger partial charge on any atom is -0.340 e. The molecule has 0 heterocycles. The summed E-state index contributed by atoms with van der Waals surface area (Å²) < 4.78 is 0. The second-order valence-electron chi connectivity index (χ2n) is 5.78. The quantitative estimate of drug-likeness (QED) is 0.865. The summed E-state index contributed by atoms with van der Waals surface area (Å²) in [5.74, 6) is 0.177. The Morgan fingerprint density at radius 1 is 1.20 bits per heavy atom. The summed E-state index contributed by atoms with van der Waals surface area (Å²) in [5, 5.41) is 3.38. The molecule has 3 heteroatoms. The van der Waals surface area contributed by atoms with Crippen molar-refractivity contribution in [3.05, 3.63) is 35.4 Å². The Morgan fingerprint density at radius 3 is 2.40 bits per heavy atom. The highest BCUT2D eigenvalue weighted by atomic mass is 16.2. The van der Waals surface area contributed by atoms with E-state index in [1.165, 1.54) is 36.8 Å². The molecule has 1 fully saturated rings. The van der Waals surface area contributed by atoms with Gasteiger partial charge in [0.05, 0.1) is 6.54 Å². The van der Waals surface area contributed by atoms with Gasteiger partial charge in [0.25, 0.3) is 0 Å². The molecule has 1 saturated carbocycles. The van der Waals surface area contributed by atoms with Crippen LogP contribution in [0.4, 0.5) is 0 Å². The maximum absolute atomic E-state index is 12.1. The monoisotopic (exact) mass is 274 g/mol. The first-order valence-corrected chi connectivity index (χ1v) is 7.74. The highest BCUT2D eigenvalue weighted by Gasteiger charge is 2.16. The van der Waals surface area contributed by atoms with Gasteiger partial charge in [0.15, 0.2) is 0 Å². The number of nitrogens with zero attached hydrogens (tertiary/aromatic N) is 1. The van der Waals surface area contributed by atoms with Crippen LogP contribution in [0.2, 0.25) is 0 Å². The molecule has 1 aliphatic rings. The number of amides is 1. The molecule has 20 heavy (non-hydrogen) atoms. The van der Waals surface area contributed by atoms with Gasteiger partial charge in [-0.15, -0.1) is 0 Å². The molecule has 1 aromatic carbocycles. The van der Waals surface area contributed by atoms with Crippen LogP contribution in [-0.2, 0) is 17.8 Å². The SMILES string of the molecule is CCc1ccc(CN(C)C(=O)CNC2CCCC2)cc1. The molecule has 0 aromatic heterocycles. The van der Waals surface area contributed by atoms with Gasteiger partial charge in [-0.05, 0) is 30.4 Å². The first-order valence-electron chi connectivity index (χ1n) is 7.74. The molecule has 1 N–H and O–H groups in total. The molecule has 0 atom stereocenters. The number of nitrogens with one attached hydrogen (secondary N) is 1. The van der Waals surface area contributed by atoms with Crippen LogP contribution in [0.3, 0.4) is 0 Å². The average Bonchev–Trinajstić information content (AvgIpc) is 2.98. The van der Waals surface area contributed by atoms with E-state index in [-0.39, 0.29) is 5.91 Å². The Kier molecular flexibility index (Phi) is 5.60. The van der Waals surface area contributed by atoms with E-state index in [1.807, 2.05) is 11.9 Å². The normalized spacial score (nSPS) is 15.5. The number of hydrogen-bond acceptors (Lipinski definition) is 2. The Balaban J connectivity index is 1.77. The van der Waals surface area contributed by atoms with Gasteiger partial charge in [-0.3, -0.25) is 4.79 Å². The lowest BCUT2D eigenvalue weighted by Gasteiger charge is -2.19. The van der Waals surface area contributed by atoms with Crippen molar-refractivity contribution in [3.8, 4) is 0 Å². The minimum atomic E-state index is 0.177. The fourth-order valence-corrected chi connectivity index (χ4v) is 2.74. The summed E-state index contributed by atoms with van der Waals surface area (Å²) in [7, 11) is 1.88. The van der Waals surface area contributed by atoms with Crippen LogP contribution in [0.25, 0.3) is 0 Å². The third kappa shape index (κ3) is 4.34. The van der Waals surface area contributed by atoms with Gasteiger partial charge in [-0.1, -0.05) is 44.0 Å². The molecule has 0 aliphatic heterocycles. The van der Waals surface area contributed by atoms with Crippen molar-refractivity contribution in [1.82, 2.24) is 10.2 Å². The molecule has 0 bridgehead atoms. The number of likely N-dealkylation sites (N-methyl/N-ethyl adjacent to an activating group) is 1. The van der Waals surface area contributed by atoms with E-state index < -0.39 is 0 Å². The van der Waals surface area contributed by atoms with Crippen molar-refractivity contribution < 1.29 is 4.79 Å². The molecule has 1 aromatic rings. The number of hydrogen-bond donors (Lipinski definition) is 1. The molecule has 0 radical (unpaired) electrons. The van der Waals surface area contributed by atoms with Crippen LogP contribution in [0.5, 0.6) is 0 Å². The zero-order valence-corrected chi connectivity index (χ0v) is 12.7. The molecule has 3 nitrogen and oxygen atoms in total. The minimum absolute atomic E-state index is 0.177. The fraction of sp³-hybridized carbons (Fsp3) is 0.588. The highest BCUT2D eigenvalue weighted by molar-refractivity contribution is 5.78. The van der Waals surface area contributed by atoms with Crippen LogP contribution in [-0.4, -0.2) is 30.4 Å². The summed E-state index contributed by atoms with van der Waals surface area (Å²) in [6.45, 7) is 3.31. The zero-order chi connectivity index (χ0) is 14.4. The number of rotatable bonds is 6. The Morgan fingerprint density at radius 2 is 1.80 bits per heavy atom. The van der Waals surface area contributed by atoms with Crippen LogP contribution in [0.15, 0.2) is 24.3 Å². The lowest BCUT2D eigenvalue weighted by atomic mass is 10.1. The van der Waals surface area contributed by atoms with Gasteiger partial charge in [0, 0.05) is 19.6 Å². The maximum atomic E-state index is 12.1. The van der Waals surface area contributed by atoms with Crippen molar-refractivity contribution >= 4 is 5.91 Å². The predicted octanol–water partition coefficient (Wildman–Crippen LogP) is 2.74. The lowest BCUT2D eigenvalue weighted by Crippen LogP contribution is -2.38. The molecule has 0 unspecified atom stereocenters. The van der Waals surface area contributed by atoms with Crippen molar-refractivity contribution in [2.24, 2.45) is 0 Å². The summed E-state index contributed by atoms with van der Waals surface area (Å²) >= 11 is 0. The van der Waals surface area contributed by atoms with E-state index in [0.29, 0.717) is 19.1 Å². The molecule has 1 aliphatic carbocycles. The van der Waals surface area contributed by atoms with Crippen LogP contribution in [0, 0.1) is 0 Å².